The quantitative estimate of drug-likeness (QED) is 0.618. The minimum Gasteiger partial charge on any atom is -0.481 e. The van der Waals surface area contributed by atoms with Crippen LogP contribution in [0.1, 0.15) is 28.4 Å². The standard InChI is InChI=1S/C18H17BrF4N2O3/c1-8-7-24-17(27-4)9(2)15(8)25-16(26)11-5-13(20)12(19)6-14(11)28-10(3)18(21,22)23/h5-7,10H,1-4H3,(H,24,25,26)/t10-/m0/s1. The molecular formula is C18H17BrF4N2O3. The van der Waals surface area contributed by atoms with Gasteiger partial charge in [-0.05, 0) is 54.4 Å². The van der Waals surface area contributed by atoms with Crippen molar-refractivity contribution in [1.29, 1.82) is 0 Å². The second-order valence-electron chi connectivity index (χ2n) is 5.97. The van der Waals surface area contributed by atoms with E-state index in [1.54, 1.807) is 13.8 Å². The van der Waals surface area contributed by atoms with Crippen molar-refractivity contribution in [1.82, 2.24) is 4.98 Å². The fraction of sp³-hybridized carbons (Fsp3) is 0.333. The normalized spacial score (nSPS) is 12.5. The van der Waals surface area contributed by atoms with Crippen LogP contribution in [0.2, 0.25) is 0 Å². The third-order valence-electron chi connectivity index (χ3n) is 3.93. The van der Waals surface area contributed by atoms with Gasteiger partial charge in [0.1, 0.15) is 11.6 Å². The van der Waals surface area contributed by atoms with E-state index in [2.05, 4.69) is 26.2 Å². The largest absolute Gasteiger partial charge is 0.481 e. The number of rotatable bonds is 5. The van der Waals surface area contributed by atoms with Gasteiger partial charge in [0.2, 0.25) is 5.88 Å². The Balaban J connectivity index is 2.44. The molecule has 28 heavy (non-hydrogen) atoms. The number of halogens is 5. The summed E-state index contributed by atoms with van der Waals surface area (Å²) >= 11 is 2.89. The molecule has 0 fully saturated rings. The first kappa shape index (κ1) is 21.9. The van der Waals surface area contributed by atoms with Crippen molar-refractivity contribution in [3.8, 4) is 11.6 Å². The molecular weight excluding hydrogens is 448 g/mol. The summed E-state index contributed by atoms with van der Waals surface area (Å²) in [6, 6.07) is 1.79. The van der Waals surface area contributed by atoms with E-state index in [-0.39, 0.29) is 15.9 Å². The lowest BCUT2D eigenvalue weighted by Crippen LogP contribution is -2.32. The molecule has 2 rings (SSSR count). The number of aromatic nitrogens is 1. The van der Waals surface area contributed by atoms with Crippen molar-refractivity contribution in [2.45, 2.75) is 33.1 Å². The van der Waals surface area contributed by atoms with Crippen LogP contribution in [0.15, 0.2) is 22.8 Å². The second kappa shape index (κ2) is 8.34. The molecule has 1 atom stereocenters. The van der Waals surface area contributed by atoms with E-state index in [4.69, 9.17) is 9.47 Å². The first-order valence-corrected chi connectivity index (χ1v) is 8.79. The fourth-order valence-electron chi connectivity index (χ4n) is 2.36. The smallest absolute Gasteiger partial charge is 0.425 e. The average molecular weight is 465 g/mol. The summed E-state index contributed by atoms with van der Waals surface area (Å²) < 4.78 is 62.4. The van der Waals surface area contributed by atoms with E-state index < -0.39 is 29.8 Å². The molecule has 0 unspecified atom stereocenters. The van der Waals surface area contributed by atoms with Crippen LogP contribution in [0, 0.1) is 19.7 Å². The molecule has 1 aromatic carbocycles. The maximum Gasteiger partial charge on any atom is 0.425 e. The number of hydrogen-bond acceptors (Lipinski definition) is 4. The van der Waals surface area contributed by atoms with Gasteiger partial charge in [-0.2, -0.15) is 13.2 Å². The molecule has 1 amide bonds. The minimum atomic E-state index is -4.65. The number of aryl methyl sites for hydroxylation is 1. The lowest BCUT2D eigenvalue weighted by molar-refractivity contribution is -0.189. The molecule has 0 aliphatic rings. The number of methoxy groups -OCH3 is 1. The zero-order valence-electron chi connectivity index (χ0n) is 15.4. The van der Waals surface area contributed by atoms with Crippen LogP contribution in [0.25, 0.3) is 0 Å². The van der Waals surface area contributed by atoms with Gasteiger partial charge in [-0.1, -0.05) is 0 Å². The Kier molecular flexibility index (Phi) is 6.53. The number of carbonyl (C=O) groups excluding carboxylic acids is 1. The lowest BCUT2D eigenvalue weighted by Gasteiger charge is -2.20. The Morgan fingerprint density at radius 1 is 1.29 bits per heavy atom. The number of ether oxygens (including phenoxy) is 2. The highest BCUT2D eigenvalue weighted by Gasteiger charge is 2.38. The van der Waals surface area contributed by atoms with E-state index >= 15 is 0 Å². The monoisotopic (exact) mass is 464 g/mol. The van der Waals surface area contributed by atoms with E-state index in [9.17, 15) is 22.4 Å². The Morgan fingerprint density at radius 3 is 2.50 bits per heavy atom. The summed E-state index contributed by atoms with van der Waals surface area (Å²) in [5.74, 6) is -1.80. The van der Waals surface area contributed by atoms with Gasteiger partial charge in [-0.15, -0.1) is 0 Å². The van der Waals surface area contributed by atoms with Gasteiger partial charge in [0.05, 0.1) is 22.8 Å². The number of carbonyl (C=O) groups is 1. The molecule has 0 radical (unpaired) electrons. The average Bonchev–Trinajstić information content (AvgIpc) is 2.60. The van der Waals surface area contributed by atoms with E-state index in [1.165, 1.54) is 13.3 Å². The Bertz CT molecular complexity index is 903. The number of nitrogens with zero attached hydrogens (tertiary/aromatic N) is 1. The highest BCUT2D eigenvalue weighted by Crippen LogP contribution is 2.33. The third-order valence-corrected chi connectivity index (χ3v) is 4.54. The molecule has 0 bridgehead atoms. The van der Waals surface area contributed by atoms with Crippen LogP contribution >= 0.6 is 15.9 Å². The van der Waals surface area contributed by atoms with E-state index in [1.807, 2.05) is 0 Å². The molecule has 0 saturated heterocycles. The molecule has 0 spiro atoms. The lowest BCUT2D eigenvalue weighted by atomic mass is 10.1. The molecule has 5 nitrogen and oxygen atoms in total. The molecule has 10 heteroatoms. The number of benzene rings is 1. The van der Waals surface area contributed by atoms with Crippen LogP contribution < -0.4 is 14.8 Å². The molecule has 1 aromatic heterocycles. The molecule has 152 valence electrons. The fourth-order valence-corrected chi connectivity index (χ4v) is 2.68. The van der Waals surface area contributed by atoms with Crippen molar-refractivity contribution in [2.24, 2.45) is 0 Å². The molecule has 0 saturated carbocycles. The summed E-state index contributed by atoms with van der Waals surface area (Å²) in [6.45, 7) is 4.13. The van der Waals surface area contributed by atoms with Crippen LogP contribution in [-0.2, 0) is 0 Å². The third kappa shape index (κ3) is 4.73. The van der Waals surface area contributed by atoms with Gasteiger partial charge in [-0.25, -0.2) is 9.37 Å². The SMILES string of the molecule is COc1ncc(C)c(NC(=O)c2cc(F)c(Br)cc2O[C@@H](C)C(F)(F)F)c1C. The summed E-state index contributed by atoms with van der Waals surface area (Å²) in [6.07, 6.45) is -5.38. The summed E-state index contributed by atoms with van der Waals surface area (Å²) in [5, 5.41) is 2.57. The number of hydrogen-bond donors (Lipinski definition) is 1. The highest BCUT2D eigenvalue weighted by molar-refractivity contribution is 9.10. The first-order valence-electron chi connectivity index (χ1n) is 7.99. The predicted octanol–water partition coefficient (Wildman–Crippen LogP) is 5.19. The van der Waals surface area contributed by atoms with Crippen LogP contribution in [0.3, 0.4) is 0 Å². The van der Waals surface area contributed by atoms with Crippen LogP contribution in [0.4, 0.5) is 23.2 Å². The van der Waals surface area contributed by atoms with Crippen LogP contribution in [-0.4, -0.2) is 30.3 Å². The maximum absolute atomic E-state index is 14.0. The van der Waals surface area contributed by atoms with Gasteiger partial charge in [0.25, 0.3) is 5.91 Å². The summed E-state index contributed by atoms with van der Waals surface area (Å²) in [5.41, 5.74) is 1.08. The first-order chi connectivity index (χ1) is 13.0. The minimum absolute atomic E-state index is 0.133. The summed E-state index contributed by atoms with van der Waals surface area (Å²) in [7, 11) is 1.41. The number of pyridine rings is 1. The Labute approximate surface area is 167 Å². The zero-order valence-corrected chi connectivity index (χ0v) is 17.0. The van der Waals surface area contributed by atoms with Crippen molar-refractivity contribution in [2.75, 3.05) is 12.4 Å². The maximum atomic E-state index is 14.0. The predicted molar refractivity (Wildman–Crippen MR) is 98.5 cm³/mol. The van der Waals surface area contributed by atoms with Crippen molar-refractivity contribution >= 4 is 27.5 Å². The van der Waals surface area contributed by atoms with Gasteiger partial charge >= 0.3 is 6.18 Å². The molecule has 0 aliphatic heterocycles. The highest BCUT2D eigenvalue weighted by atomic mass is 79.9. The number of nitrogens with one attached hydrogen (secondary N) is 1. The van der Waals surface area contributed by atoms with Gasteiger partial charge in [0.15, 0.2) is 6.10 Å². The zero-order chi connectivity index (χ0) is 21.2. The van der Waals surface area contributed by atoms with Gasteiger partial charge in [0, 0.05) is 11.8 Å². The molecule has 1 heterocycles. The second-order valence-corrected chi connectivity index (χ2v) is 6.82. The molecule has 0 aliphatic carbocycles. The van der Waals surface area contributed by atoms with Crippen molar-refractivity contribution in [3.05, 3.63) is 45.3 Å². The van der Waals surface area contributed by atoms with Crippen LogP contribution in [0.5, 0.6) is 11.6 Å². The van der Waals surface area contributed by atoms with E-state index in [0.717, 1.165) is 19.1 Å². The van der Waals surface area contributed by atoms with Gasteiger partial charge < -0.3 is 14.8 Å². The molecule has 1 N–H and O–H groups in total. The van der Waals surface area contributed by atoms with Crippen molar-refractivity contribution in [3.63, 3.8) is 0 Å². The number of amides is 1. The van der Waals surface area contributed by atoms with Gasteiger partial charge in [-0.3, -0.25) is 4.79 Å². The summed E-state index contributed by atoms with van der Waals surface area (Å²) in [4.78, 5) is 16.8. The number of anilines is 1. The van der Waals surface area contributed by atoms with Crippen molar-refractivity contribution < 1.29 is 31.8 Å². The Morgan fingerprint density at radius 2 is 1.93 bits per heavy atom. The number of alkyl halides is 3. The molecule has 2 aromatic rings. The van der Waals surface area contributed by atoms with E-state index in [0.29, 0.717) is 16.8 Å². The topological polar surface area (TPSA) is 60.5 Å². The Hall–Kier alpha value is -2.36.